The number of halogens is 1. The first kappa shape index (κ1) is 26.1. The summed E-state index contributed by atoms with van der Waals surface area (Å²) in [5, 5.41) is 11.4. The number of hydrogen-bond donors (Lipinski definition) is 4. The zero-order valence-electron chi connectivity index (χ0n) is 20.0. The summed E-state index contributed by atoms with van der Waals surface area (Å²) in [6.45, 7) is 2.74. The third-order valence-corrected chi connectivity index (χ3v) is 9.80. The Balaban J connectivity index is 1.60. The van der Waals surface area contributed by atoms with Crippen LogP contribution in [0.25, 0.3) is 0 Å². The molecule has 2 fully saturated rings. The van der Waals surface area contributed by atoms with E-state index in [0.717, 1.165) is 12.0 Å². The molecule has 2 aromatic rings. The lowest BCUT2D eigenvalue weighted by Crippen LogP contribution is -2.48. The molecule has 4 N–H and O–H groups in total. The Hall–Kier alpha value is -2.01. The number of aliphatic hydroxyl groups is 1. The van der Waals surface area contributed by atoms with Gasteiger partial charge >= 0.3 is 0 Å². The highest BCUT2D eigenvalue weighted by atomic mass is 32.3. The van der Waals surface area contributed by atoms with Gasteiger partial charge in [0.05, 0.1) is 17.3 Å². The second-order valence-electron chi connectivity index (χ2n) is 9.44. The third kappa shape index (κ3) is 5.26. The lowest BCUT2D eigenvalue weighted by Gasteiger charge is -2.54. The zero-order valence-corrected chi connectivity index (χ0v) is 20.8. The van der Waals surface area contributed by atoms with Crippen LogP contribution in [-0.2, 0) is 21.5 Å². The van der Waals surface area contributed by atoms with Crippen molar-refractivity contribution in [3.63, 3.8) is 0 Å². The molecule has 2 heterocycles. The van der Waals surface area contributed by atoms with Crippen LogP contribution >= 0.6 is 10.8 Å². The Morgan fingerprint density at radius 1 is 1.17 bits per heavy atom. The van der Waals surface area contributed by atoms with Crippen molar-refractivity contribution >= 4 is 16.7 Å². The van der Waals surface area contributed by atoms with E-state index in [2.05, 4.69) is 5.32 Å². The summed E-state index contributed by atoms with van der Waals surface area (Å²) in [5.41, 5.74) is 0.868. The van der Waals surface area contributed by atoms with Crippen molar-refractivity contribution in [2.24, 2.45) is 0 Å². The van der Waals surface area contributed by atoms with Crippen LogP contribution in [0.2, 0.25) is 0 Å². The zero-order chi connectivity index (χ0) is 25.1. The smallest absolute Gasteiger partial charge is 0.230 e. The highest BCUT2D eigenvalue weighted by molar-refractivity contribution is 8.22. The van der Waals surface area contributed by atoms with Crippen molar-refractivity contribution in [1.82, 2.24) is 9.62 Å². The van der Waals surface area contributed by atoms with Crippen LogP contribution in [0.3, 0.4) is 0 Å². The van der Waals surface area contributed by atoms with Crippen molar-refractivity contribution in [2.45, 2.75) is 55.9 Å². The van der Waals surface area contributed by atoms with Gasteiger partial charge in [0, 0.05) is 37.9 Å². The van der Waals surface area contributed by atoms with E-state index in [-0.39, 0.29) is 31.6 Å². The van der Waals surface area contributed by atoms with E-state index in [1.54, 1.807) is 16.4 Å². The Kier molecular flexibility index (Phi) is 8.15. The van der Waals surface area contributed by atoms with E-state index < -0.39 is 27.3 Å². The van der Waals surface area contributed by atoms with Crippen LogP contribution in [0.4, 0.5) is 4.39 Å². The molecule has 2 aromatic carbocycles. The number of carbonyl (C=O) groups excluding carboxylic acids is 1. The van der Waals surface area contributed by atoms with Crippen LogP contribution < -0.4 is 5.32 Å². The van der Waals surface area contributed by atoms with Gasteiger partial charge < -0.3 is 15.2 Å². The summed E-state index contributed by atoms with van der Waals surface area (Å²) in [7, 11) is -3.19. The Morgan fingerprint density at radius 2 is 1.89 bits per heavy atom. The number of benzene rings is 2. The van der Waals surface area contributed by atoms with E-state index in [9.17, 15) is 13.9 Å². The van der Waals surface area contributed by atoms with Gasteiger partial charge in [-0.25, -0.2) is 4.39 Å². The lowest BCUT2D eigenvalue weighted by molar-refractivity contribution is -0.130. The summed E-state index contributed by atoms with van der Waals surface area (Å²) in [4.78, 5) is 13.0. The summed E-state index contributed by atoms with van der Waals surface area (Å²) in [6, 6.07) is 14.1. The molecule has 0 aliphatic carbocycles. The fourth-order valence-corrected chi connectivity index (χ4v) is 7.50. The standard InChI is InChI=1S/C26H35FN2O5S/c1-19-7-10-24(20-5-3-2-4-6-20)35(32,33)29(19)18-21-8-9-22(17-23(21)27)26(11-15-34-16-12-26)25(31)28-13-14-30/h2-6,8-9,17,19,24,30,32-33H,7,10-16,18H2,1H3,(H,28,31)/t19-,24-/m0/s1. The molecule has 0 spiro atoms. The van der Waals surface area contributed by atoms with E-state index in [4.69, 9.17) is 9.84 Å². The minimum Gasteiger partial charge on any atom is -0.395 e. The first-order chi connectivity index (χ1) is 16.8. The van der Waals surface area contributed by atoms with E-state index in [0.29, 0.717) is 43.6 Å². The molecule has 0 radical (unpaired) electrons. The first-order valence-electron chi connectivity index (χ1n) is 12.1. The average Bonchev–Trinajstić information content (AvgIpc) is 2.86. The number of aliphatic hydroxyl groups excluding tert-OH is 1. The molecule has 0 saturated carbocycles. The number of rotatable bonds is 7. The molecule has 2 atom stereocenters. The number of nitrogens with one attached hydrogen (secondary N) is 1. The molecule has 4 rings (SSSR count). The van der Waals surface area contributed by atoms with Crippen LogP contribution in [-0.4, -0.2) is 56.8 Å². The van der Waals surface area contributed by atoms with Crippen molar-refractivity contribution in [3.8, 4) is 0 Å². The summed E-state index contributed by atoms with van der Waals surface area (Å²) < 4.78 is 45.1. The van der Waals surface area contributed by atoms with Gasteiger partial charge in [0.2, 0.25) is 5.91 Å². The van der Waals surface area contributed by atoms with E-state index in [1.165, 1.54) is 6.07 Å². The van der Waals surface area contributed by atoms with E-state index in [1.807, 2.05) is 37.3 Å². The van der Waals surface area contributed by atoms with Crippen molar-refractivity contribution < 1.29 is 28.1 Å². The molecule has 2 aliphatic heterocycles. The van der Waals surface area contributed by atoms with Crippen molar-refractivity contribution in [2.75, 3.05) is 26.4 Å². The van der Waals surface area contributed by atoms with Crippen molar-refractivity contribution in [3.05, 3.63) is 71.0 Å². The van der Waals surface area contributed by atoms with Crippen LogP contribution in [0.5, 0.6) is 0 Å². The summed E-state index contributed by atoms with van der Waals surface area (Å²) in [5.74, 6) is -0.723. The summed E-state index contributed by atoms with van der Waals surface area (Å²) in [6.07, 6.45) is 2.26. The largest absolute Gasteiger partial charge is 0.395 e. The Morgan fingerprint density at radius 3 is 2.54 bits per heavy atom. The maximum Gasteiger partial charge on any atom is 0.230 e. The lowest BCUT2D eigenvalue weighted by atomic mass is 9.73. The maximum atomic E-state index is 15.5. The summed E-state index contributed by atoms with van der Waals surface area (Å²) >= 11 is 0. The Labute approximate surface area is 207 Å². The topological polar surface area (TPSA) is 102 Å². The van der Waals surface area contributed by atoms with Crippen LogP contribution in [0, 0.1) is 5.82 Å². The molecule has 7 nitrogen and oxygen atoms in total. The van der Waals surface area contributed by atoms with Gasteiger partial charge in [-0.05, 0) is 49.8 Å². The Bertz CT molecular complexity index is 1020. The predicted octanol–water partition coefficient (Wildman–Crippen LogP) is 4.37. The molecule has 1 amide bonds. The molecular weight excluding hydrogens is 471 g/mol. The molecule has 0 unspecified atom stereocenters. The second kappa shape index (κ2) is 10.9. The molecule has 35 heavy (non-hydrogen) atoms. The fourth-order valence-electron chi connectivity index (χ4n) is 5.24. The van der Waals surface area contributed by atoms with Gasteiger partial charge in [0.15, 0.2) is 0 Å². The normalized spacial score (nSPS) is 25.1. The van der Waals surface area contributed by atoms with Crippen LogP contribution in [0.1, 0.15) is 54.5 Å². The van der Waals surface area contributed by atoms with Gasteiger partial charge in [-0.1, -0.05) is 42.5 Å². The monoisotopic (exact) mass is 506 g/mol. The van der Waals surface area contributed by atoms with Gasteiger partial charge in [-0.2, -0.15) is 4.31 Å². The number of ether oxygens (including phenoxy) is 1. The molecule has 192 valence electrons. The highest BCUT2D eigenvalue weighted by Gasteiger charge is 2.43. The van der Waals surface area contributed by atoms with Gasteiger partial charge in [0.25, 0.3) is 0 Å². The van der Waals surface area contributed by atoms with Gasteiger partial charge in [0.1, 0.15) is 5.82 Å². The van der Waals surface area contributed by atoms with Crippen LogP contribution in [0.15, 0.2) is 48.5 Å². The third-order valence-electron chi connectivity index (χ3n) is 7.35. The minimum atomic E-state index is -3.19. The van der Waals surface area contributed by atoms with Gasteiger partial charge in [-0.3, -0.25) is 13.9 Å². The number of hydrogen-bond acceptors (Lipinski definition) is 6. The first-order valence-corrected chi connectivity index (χ1v) is 13.7. The average molecular weight is 507 g/mol. The maximum absolute atomic E-state index is 15.5. The quantitative estimate of drug-likeness (QED) is 0.445. The molecule has 0 bridgehead atoms. The minimum absolute atomic E-state index is 0.0613. The molecule has 2 saturated heterocycles. The van der Waals surface area contributed by atoms with Crippen molar-refractivity contribution in [1.29, 1.82) is 0 Å². The predicted molar refractivity (Wildman–Crippen MR) is 134 cm³/mol. The number of amides is 1. The second-order valence-corrected chi connectivity index (χ2v) is 11.6. The number of carbonyl (C=O) groups is 1. The molecule has 2 aliphatic rings. The molecule has 9 heteroatoms. The number of nitrogens with zero attached hydrogens (tertiary/aromatic N) is 1. The van der Waals surface area contributed by atoms with Gasteiger partial charge in [-0.15, -0.1) is 10.8 Å². The highest BCUT2D eigenvalue weighted by Crippen LogP contribution is 2.63. The SMILES string of the molecule is C[C@H]1CC[C@@H](c2ccccc2)S(O)(O)N1Cc1ccc(C2(C(=O)NCCO)CCOCC2)cc1F. The molecule has 0 aromatic heterocycles. The molecular formula is C26H35FN2O5S. The fraction of sp³-hybridized carbons (Fsp3) is 0.500. The van der Waals surface area contributed by atoms with E-state index >= 15 is 4.39 Å².